The Morgan fingerprint density at radius 2 is 2.15 bits per heavy atom. The second-order valence-corrected chi connectivity index (χ2v) is 5.67. The lowest BCUT2D eigenvalue weighted by Gasteiger charge is -2.20. The zero-order chi connectivity index (χ0) is 14.8. The van der Waals surface area contributed by atoms with Crippen molar-refractivity contribution in [2.45, 2.75) is 39.3 Å². The third-order valence-electron chi connectivity index (χ3n) is 3.09. The molecule has 1 aromatic heterocycles. The van der Waals surface area contributed by atoms with E-state index in [0.717, 1.165) is 22.5 Å². The van der Waals surface area contributed by atoms with E-state index in [9.17, 15) is 5.11 Å². The summed E-state index contributed by atoms with van der Waals surface area (Å²) in [5.41, 5.74) is 0.0396. The van der Waals surface area contributed by atoms with Crippen LogP contribution in [0.15, 0.2) is 28.7 Å². The molecular weight excluding hydrogens is 254 g/mol. The monoisotopic (exact) mass is 277 g/mol. The molecule has 0 aliphatic rings. The van der Waals surface area contributed by atoms with Crippen LogP contribution in [0.5, 0.6) is 5.75 Å². The van der Waals surface area contributed by atoms with Crippen molar-refractivity contribution in [3.05, 3.63) is 30.0 Å². The van der Waals surface area contributed by atoms with E-state index in [0.29, 0.717) is 13.2 Å². The third kappa shape index (κ3) is 3.52. The molecule has 1 heterocycles. The van der Waals surface area contributed by atoms with Crippen LogP contribution >= 0.6 is 0 Å². The molecule has 0 radical (unpaired) electrons. The lowest BCUT2D eigenvalue weighted by Crippen LogP contribution is -2.35. The largest absolute Gasteiger partial charge is 0.490 e. The summed E-state index contributed by atoms with van der Waals surface area (Å²) in [6, 6.07) is 7.92. The summed E-state index contributed by atoms with van der Waals surface area (Å²) in [4.78, 5) is 0. The van der Waals surface area contributed by atoms with Crippen molar-refractivity contribution in [3.63, 3.8) is 0 Å². The first-order chi connectivity index (χ1) is 9.40. The fourth-order valence-corrected chi connectivity index (χ4v) is 2.04. The number of para-hydroxylation sites is 1. The maximum atomic E-state index is 9.75. The molecule has 2 aromatic rings. The Labute approximate surface area is 119 Å². The van der Waals surface area contributed by atoms with Gasteiger partial charge in [0.2, 0.25) is 0 Å². The van der Waals surface area contributed by atoms with Crippen molar-refractivity contribution in [2.75, 3.05) is 13.2 Å². The lowest BCUT2D eigenvalue weighted by molar-refractivity contribution is 0.0763. The highest BCUT2D eigenvalue weighted by Gasteiger charge is 2.17. The van der Waals surface area contributed by atoms with Crippen molar-refractivity contribution in [1.29, 1.82) is 0 Å². The Morgan fingerprint density at radius 1 is 1.40 bits per heavy atom. The molecule has 2 N–H and O–H groups in total. The SMILES string of the molecule is CCOc1cccc2cc(C(C)NCC(C)(C)O)oc12. The molecule has 2 rings (SSSR count). The average molecular weight is 277 g/mol. The average Bonchev–Trinajstić information content (AvgIpc) is 2.80. The number of ether oxygens (including phenoxy) is 1. The van der Waals surface area contributed by atoms with Gasteiger partial charge in [-0.25, -0.2) is 0 Å². The summed E-state index contributed by atoms with van der Waals surface area (Å²) in [6.07, 6.45) is 0. The number of rotatable bonds is 6. The minimum absolute atomic E-state index is 0.0308. The van der Waals surface area contributed by atoms with Gasteiger partial charge in [-0.2, -0.15) is 0 Å². The molecule has 20 heavy (non-hydrogen) atoms. The molecular formula is C16H23NO3. The molecule has 4 heteroatoms. The molecule has 0 bridgehead atoms. The van der Waals surface area contributed by atoms with Gasteiger partial charge in [-0.15, -0.1) is 0 Å². The highest BCUT2D eigenvalue weighted by Crippen LogP contribution is 2.31. The van der Waals surface area contributed by atoms with Gasteiger partial charge < -0.3 is 19.6 Å². The van der Waals surface area contributed by atoms with E-state index in [1.165, 1.54) is 0 Å². The molecule has 0 spiro atoms. The van der Waals surface area contributed by atoms with Crippen molar-refractivity contribution < 1.29 is 14.3 Å². The van der Waals surface area contributed by atoms with Crippen LogP contribution in [0.1, 0.15) is 39.5 Å². The van der Waals surface area contributed by atoms with Crippen LogP contribution < -0.4 is 10.1 Å². The molecule has 110 valence electrons. The van der Waals surface area contributed by atoms with Gasteiger partial charge in [0.15, 0.2) is 11.3 Å². The summed E-state index contributed by atoms with van der Waals surface area (Å²) < 4.78 is 11.5. The first-order valence-electron chi connectivity index (χ1n) is 7.01. The van der Waals surface area contributed by atoms with Crippen LogP contribution in [0, 0.1) is 0 Å². The number of nitrogens with one attached hydrogen (secondary N) is 1. The van der Waals surface area contributed by atoms with Crippen LogP contribution in [0.2, 0.25) is 0 Å². The van der Waals surface area contributed by atoms with Gasteiger partial charge in [-0.1, -0.05) is 12.1 Å². The smallest absolute Gasteiger partial charge is 0.176 e. The van der Waals surface area contributed by atoms with Crippen molar-refractivity contribution in [1.82, 2.24) is 5.32 Å². The summed E-state index contributed by atoms with van der Waals surface area (Å²) in [6.45, 7) is 8.64. The lowest BCUT2D eigenvalue weighted by atomic mass is 10.1. The number of fused-ring (bicyclic) bond motifs is 1. The van der Waals surface area contributed by atoms with Crippen LogP contribution in [-0.2, 0) is 0 Å². The molecule has 0 saturated carbocycles. The maximum Gasteiger partial charge on any atom is 0.176 e. The molecule has 0 amide bonds. The predicted octanol–water partition coefficient (Wildman–Crippen LogP) is 3.25. The van der Waals surface area contributed by atoms with Gasteiger partial charge in [0.25, 0.3) is 0 Å². The molecule has 4 nitrogen and oxygen atoms in total. The summed E-state index contributed by atoms with van der Waals surface area (Å²) in [7, 11) is 0. The number of benzene rings is 1. The molecule has 0 aliphatic carbocycles. The minimum atomic E-state index is -0.739. The van der Waals surface area contributed by atoms with Crippen LogP contribution in [0.3, 0.4) is 0 Å². The van der Waals surface area contributed by atoms with E-state index >= 15 is 0 Å². The number of aliphatic hydroxyl groups is 1. The molecule has 0 fully saturated rings. The third-order valence-corrected chi connectivity index (χ3v) is 3.09. The molecule has 0 aliphatic heterocycles. The fourth-order valence-electron chi connectivity index (χ4n) is 2.04. The topological polar surface area (TPSA) is 54.6 Å². The van der Waals surface area contributed by atoms with E-state index in [1.54, 1.807) is 13.8 Å². The van der Waals surface area contributed by atoms with Gasteiger partial charge in [0.05, 0.1) is 18.2 Å². The van der Waals surface area contributed by atoms with E-state index < -0.39 is 5.60 Å². The van der Waals surface area contributed by atoms with E-state index in [1.807, 2.05) is 38.1 Å². The highest BCUT2D eigenvalue weighted by molar-refractivity contribution is 5.83. The Hall–Kier alpha value is -1.52. The summed E-state index contributed by atoms with van der Waals surface area (Å²) in [5.74, 6) is 1.61. The van der Waals surface area contributed by atoms with Gasteiger partial charge in [0, 0.05) is 11.9 Å². The Morgan fingerprint density at radius 3 is 2.80 bits per heavy atom. The highest BCUT2D eigenvalue weighted by atomic mass is 16.5. The van der Waals surface area contributed by atoms with E-state index in [2.05, 4.69) is 5.32 Å². The van der Waals surface area contributed by atoms with Gasteiger partial charge in [-0.05, 0) is 39.8 Å². The van der Waals surface area contributed by atoms with E-state index in [4.69, 9.17) is 9.15 Å². The quantitative estimate of drug-likeness (QED) is 0.851. The van der Waals surface area contributed by atoms with Gasteiger partial charge in [0.1, 0.15) is 5.76 Å². The zero-order valence-electron chi connectivity index (χ0n) is 12.6. The standard InChI is InChI=1S/C16H23NO3/c1-5-19-13-8-6-7-12-9-14(20-15(12)13)11(2)17-10-16(3,4)18/h6-9,11,17-18H,5,10H2,1-4H3. The fraction of sp³-hybridized carbons (Fsp3) is 0.500. The van der Waals surface area contributed by atoms with E-state index in [-0.39, 0.29) is 6.04 Å². The van der Waals surface area contributed by atoms with Crippen molar-refractivity contribution >= 4 is 11.0 Å². The zero-order valence-corrected chi connectivity index (χ0v) is 12.6. The van der Waals surface area contributed by atoms with Crippen LogP contribution in [-0.4, -0.2) is 23.9 Å². The molecule has 1 aromatic carbocycles. The normalized spacial score (nSPS) is 13.7. The molecule has 1 unspecified atom stereocenters. The van der Waals surface area contributed by atoms with Crippen molar-refractivity contribution in [3.8, 4) is 5.75 Å². The number of hydrogen-bond donors (Lipinski definition) is 2. The van der Waals surface area contributed by atoms with Gasteiger partial charge >= 0.3 is 0 Å². The first-order valence-corrected chi connectivity index (χ1v) is 7.01. The Kier molecular flexibility index (Phi) is 4.35. The predicted molar refractivity (Wildman–Crippen MR) is 80.1 cm³/mol. The summed E-state index contributed by atoms with van der Waals surface area (Å²) >= 11 is 0. The molecule has 0 saturated heterocycles. The number of furan rings is 1. The Bertz CT molecular complexity index is 569. The summed E-state index contributed by atoms with van der Waals surface area (Å²) in [5, 5.41) is 14.1. The first kappa shape index (κ1) is 14.9. The maximum absolute atomic E-state index is 9.75. The van der Waals surface area contributed by atoms with Gasteiger partial charge in [-0.3, -0.25) is 0 Å². The Balaban J connectivity index is 2.20. The number of hydrogen-bond acceptors (Lipinski definition) is 4. The van der Waals surface area contributed by atoms with Crippen molar-refractivity contribution in [2.24, 2.45) is 0 Å². The minimum Gasteiger partial charge on any atom is -0.490 e. The second-order valence-electron chi connectivity index (χ2n) is 5.67. The molecule has 1 atom stereocenters. The van der Waals surface area contributed by atoms with Crippen LogP contribution in [0.25, 0.3) is 11.0 Å². The van der Waals surface area contributed by atoms with Crippen LogP contribution in [0.4, 0.5) is 0 Å². The second kappa shape index (κ2) is 5.85.